The Bertz CT molecular complexity index is 378. The van der Waals surface area contributed by atoms with E-state index in [0.717, 1.165) is 63.7 Å². The molecule has 0 saturated carbocycles. The van der Waals surface area contributed by atoms with Gasteiger partial charge in [-0.1, -0.05) is 58.2 Å². The first-order valence-electron chi connectivity index (χ1n) is 8.66. The van der Waals surface area contributed by atoms with E-state index in [2.05, 4.69) is 20.8 Å². The Kier molecular flexibility index (Phi) is 8.29. The largest absolute Gasteiger partial charge is 0.345 e. The SMILES string of the molecule is CCCC[N+](CCCC)(CCCC)C(=O)c1ccccc1. The summed E-state index contributed by atoms with van der Waals surface area (Å²) in [5, 5.41) is 0. The third-order valence-electron chi connectivity index (χ3n) is 4.27. The zero-order valence-electron chi connectivity index (χ0n) is 14.1. The minimum Gasteiger partial charge on any atom is -0.256 e. The molecule has 1 aromatic carbocycles. The van der Waals surface area contributed by atoms with Gasteiger partial charge in [-0.15, -0.1) is 0 Å². The molecule has 118 valence electrons. The Morgan fingerprint density at radius 3 is 1.62 bits per heavy atom. The lowest BCUT2D eigenvalue weighted by atomic mass is 10.1. The van der Waals surface area contributed by atoms with Crippen molar-refractivity contribution in [2.75, 3.05) is 19.6 Å². The predicted octanol–water partition coefficient (Wildman–Crippen LogP) is 5.04. The number of hydrogen-bond acceptors (Lipinski definition) is 1. The molecule has 0 atom stereocenters. The lowest BCUT2D eigenvalue weighted by Crippen LogP contribution is -2.54. The number of amides is 1. The summed E-state index contributed by atoms with van der Waals surface area (Å²) in [7, 11) is 0. The smallest absolute Gasteiger partial charge is 0.256 e. The van der Waals surface area contributed by atoms with Crippen LogP contribution in [0.25, 0.3) is 0 Å². The molecule has 1 aromatic rings. The number of carbonyl (C=O) groups is 1. The Hall–Kier alpha value is -1.15. The summed E-state index contributed by atoms with van der Waals surface area (Å²) in [6, 6.07) is 9.87. The first-order chi connectivity index (χ1) is 10.2. The zero-order chi connectivity index (χ0) is 15.6. The van der Waals surface area contributed by atoms with Crippen LogP contribution < -0.4 is 0 Å². The van der Waals surface area contributed by atoms with Crippen LogP contribution in [0, 0.1) is 0 Å². The van der Waals surface area contributed by atoms with Crippen molar-refractivity contribution in [1.29, 1.82) is 0 Å². The number of rotatable bonds is 10. The van der Waals surface area contributed by atoms with Gasteiger partial charge < -0.3 is 0 Å². The molecular formula is C19H32NO+. The van der Waals surface area contributed by atoms with Crippen LogP contribution in [0.1, 0.15) is 69.7 Å². The highest BCUT2D eigenvalue weighted by atomic mass is 16.2. The lowest BCUT2D eigenvalue weighted by Gasteiger charge is -2.36. The summed E-state index contributed by atoms with van der Waals surface area (Å²) in [6.45, 7) is 9.60. The molecule has 21 heavy (non-hydrogen) atoms. The summed E-state index contributed by atoms with van der Waals surface area (Å²) < 4.78 is 0.652. The second-order valence-corrected chi connectivity index (χ2v) is 6.05. The van der Waals surface area contributed by atoms with Crippen molar-refractivity contribution in [2.45, 2.75) is 59.3 Å². The van der Waals surface area contributed by atoms with Gasteiger partial charge in [0.15, 0.2) is 0 Å². The minimum atomic E-state index is 0.325. The van der Waals surface area contributed by atoms with Crippen LogP contribution in [0.4, 0.5) is 0 Å². The topological polar surface area (TPSA) is 17.1 Å². The number of quaternary nitrogens is 1. The van der Waals surface area contributed by atoms with Crippen LogP contribution in [0.2, 0.25) is 0 Å². The Labute approximate surface area is 130 Å². The summed E-state index contributed by atoms with van der Waals surface area (Å²) in [5.41, 5.74) is 0.876. The molecule has 1 rings (SSSR count). The van der Waals surface area contributed by atoms with Crippen molar-refractivity contribution >= 4 is 5.91 Å². The first-order valence-corrected chi connectivity index (χ1v) is 8.66. The summed E-state index contributed by atoms with van der Waals surface area (Å²) >= 11 is 0. The molecule has 0 bridgehead atoms. The van der Waals surface area contributed by atoms with Crippen molar-refractivity contribution in [3.05, 3.63) is 35.9 Å². The molecule has 0 spiro atoms. The van der Waals surface area contributed by atoms with E-state index in [4.69, 9.17) is 0 Å². The standard InChI is InChI=1S/C19H32NO/c1-4-7-15-20(16-8-5-2,17-9-6-3)19(21)18-13-11-10-12-14-18/h10-14H,4-9,15-17H2,1-3H3/q+1. The average Bonchev–Trinajstić information content (AvgIpc) is 2.55. The average molecular weight is 290 g/mol. The van der Waals surface area contributed by atoms with E-state index in [1.807, 2.05) is 30.3 Å². The molecule has 2 nitrogen and oxygen atoms in total. The molecule has 0 aromatic heterocycles. The fraction of sp³-hybridized carbons (Fsp3) is 0.632. The van der Waals surface area contributed by atoms with E-state index in [9.17, 15) is 4.79 Å². The predicted molar refractivity (Wildman–Crippen MR) is 90.4 cm³/mol. The maximum absolute atomic E-state index is 13.2. The highest BCUT2D eigenvalue weighted by Gasteiger charge is 2.35. The lowest BCUT2D eigenvalue weighted by molar-refractivity contribution is -0.850. The third-order valence-corrected chi connectivity index (χ3v) is 4.27. The van der Waals surface area contributed by atoms with Crippen LogP contribution in [0.5, 0.6) is 0 Å². The van der Waals surface area contributed by atoms with Gasteiger partial charge in [-0.25, -0.2) is 4.79 Å². The van der Waals surface area contributed by atoms with Gasteiger partial charge in [0, 0.05) is 0 Å². The quantitative estimate of drug-likeness (QED) is 0.551. The molecule has 2 heteroatoms. The Morgan fingerprint density at radius 2 is 1.24 bits per heavy atom. The molecule has 0 unspecified atom stereocenters. The molecule has 0 fully saturated rings. The number of hydrogen-bond donors (Lipinski definition) is 0. The van der Waals surface area contributed by atoms with Crippen molar-refractivity contribution in [1.82, 2.24) is 0 Å². The first kappa shape index (κ1) is 17.9. The molecule has 0 radical (unpaired) electrons. The minimum absolute atomic E-state index is 0.325. The highest BCUT2D eigenvalue weighted by Crippen LogP contribution is 2.20. The van der Waals surface area contributed by atoms with Gasteiger partial charge in [-0.2, -0.15) is 0 Å². The van der Waals surface area contributed by atoms with E-state index < -0.39 is 0 Å². The molecule has 0 N–H and O–H groups in total. The number of unbranched alkanes of at least 4 members (excludes halogenated alkanes) is 3. The van der Waals surface area contributed by atoms with Crippen LogP contribution >= 0.6 is 0 Å². The Balaban J connectivity index is 3.02. The van der Waals surface area contributed by atoms with E-state index >= 15 is 0 Å². The van der Waals surface area contributed by atoms with E-state index in [-0.39, 0.29) is 0 Å². The molecule has 0 aliphatic heterocycles. The summed E-state index contributed by atoms with van der Waals surface area (Å²) in [5.74, 6) is 0.325. The van der Waals surface area contributed by atoms with Gasteiger partial charge in [0.1, 0.15) is 0 Å². The second kappa shape index (κ2) is 9.73. The fourth-order valence-electron chi connectivity index (χ4n) is 2.88. The third kappa shape index (κ3) is 5.28. The van der Waals surface area contributed by atoms with E-state index in [0.29, 0.717) is 10.4 Å². The molecule has 0 heterocycles. The second-order valence-electron chi connectivity index (χ2n) is 6.05. The van der Waals surface area contributed by atoms with Crippen molar-refractivity contribution in [3.63, 3.8) is 0 Å². The van der Waals surface area contributed by atoms with Crippen LogP contribution in [0.15, 0.2) is 30.3 Å². The zero-order valence-corrected chi connectivity index (χ0v) is 14.1. The number of nitrogens with zero attached hydrogens (tertiary/aromatic N) is 1. The van der Waals surface area contributed by atoms with Crippen LogP contribution in [-0.4, -0.2) is 30.0 Å². The molecular weight excluding hydrogens is 258 g/mol. The maximum Gasteiger partial charge on any atom is 0.345 e. The van der Waals surface area contributed by atoms with Crippen molar-refractivity contribution in [2.24, 2.45) is 0 Å². The summed E-state index contributed by atoms with van der Waals surface area (Å²) in [4.78, 5) is 13.2. The maximum atomic E-state index is 13.2. The van der Waals surface area contributed by atoms with Gasteiger partial charge in [-0.3, -0.25) is 4.48 Å². The van der Waals surface area contributed by atoms with Gasteiger partial charge >= 0.3 is 5.91 Å². The number of carbonyl (C=O) groups excluding carboxylic acids is 1. The van der Waals surface area contributed by atoms with Gasteiger partial charge in [0.2, 0.25) is 0 Å². The molecule has 0 aliphatic carbocycles. The summed E-state index contributed by atoms with van der Waals surface area (Å²) in [6.07, 6.45) is 6.85. The van der Waals surface area contributed by atoms with Crippen molar-refractivity contribution in [3.8, 4) is 0 Å². The monoisotopic (exact) mass is 290 g/mol. The molecule has 0 aliphatic rings. The fourth-order valence-corrected chi connectivity index (χ4v) is 2.88. The van der Waals surface area contributed by atoms with E-state index in [1.54, 1.807) is 0 Å². The highest BCUT2D eigenvalue weighted by molar-refractivity contribution is 5.88. The Morgan fingerprint density at radius 1 is 0.810 bits per heavy atom. The van der Waals surface area contributed by atoms with Gasteiger partial charge in [0.25, 0.3) is 0 Å². The van der Waals surface area contributed by atoms with Gasteiger partial charge in [-0.05, 0) is 31.4 Å². The van der Waals surface area contributed by atoms with Crippen molar-refractivity contribution < 1.29 is 9.28 Å². The normalized spacial score (nSPS) is 11.6. The molecule has 1 amide bonds. The van der Waals surface area contributed by atoms with E-state index in [1.165, 1.54) is 0 Å². The van der Waals surface area contributed by atoms with Crippen LogP contribution in [-0.2, 0) is 0 Å². The van der Waals surface area contributed by atoms with Crippen LogP contribution in [0.3, 0.4) is 0 Å². The molecule has 0 saturated heterocycles. The number of benzene rings is 1. The van der Waals surface area contributed by atoms with Gasteiger partial charge in [0.05, 0.1) is 25.2 Å².